The van der Waals surface area contributed by atoms with E-state index in [0.29, 0.717) is 0 Å². The first kappa shape index (κ1) is 10.7. The van der Waals surface area contributed by atoms with E-state index in [-0.39, 0.29) is 6.61 Å². The number of amides is 2. The summed E-state index contributed by atoms with van der Waals surface area (Å²) in [6.45, 7) is 4.79. The van der Waals surface area contributed by atoms with Gasteiger partial charge in [0.25, 0.3) is 5.91 Å². The molecule has 0 aliphatic rings. The third-order valence-electron chi connectivity index (χ3n) is 1.26. The average molecular weight is 173 g/mol. The predicted molar refractivity (Wildman–Crippen MR) is 42.3 cm³/mol. The summed E-state index contributed by atoms with van der Waals surface area (Å²) in [5.41, 5.74) is 5.62. The lowest BCUT2D eigenvalue weighted by Crippen LogP contribution is -2.50. The Morgan fingerprint density at radius 2 is 2.00 bits per heavy atom. The van der Waals surface area contributed by atoms with Crippen molar-refractivity contribution < 1.29 is 14.3 Å². The maximum atomic E-state index is 10.8. The average Bonchev–Trinajstić information content (AvgIpc) is 1.85. The van der Waals surface area contributed by atoms with E-state index >= 15 is 0 Å². The lowest BCUT2D eigenvalue weighted by Gasteiger charge is -2.20. The molecule has 0 unspecified atom stereocenters. The molecular weight excluding hydrogens is 160 g/mol. The van der Waals surface area contributed by atoms with Gasteiger partial charge >= 0.3 is 6.09 Å². The second-order valence-electron chi connectivity index (χ2n) is 2.80. The lowest BCUT2D eigenvalue weighted by molar-refractivity contribution is -0.123. The molecule has 2 amide bonds. The molecule has 0 aromatic carbocycles. The van der Waals surface area contributed by atoms with Crippen molar-refractivity contribution in [2.75, 3.05) is 6.61 Å². The van der Waals surface area contributed by atoms with Crippen molar-refractivity contribution in [3.63, 3.8) is 0 Å². The number of hydrogen-bond donors (Lipinski definition) is 1. The first-order chi connectivity index (χ1) is 5.40. The molecule has 12 heavy (non-hydrogen) atoms. The Bertz CT molecular complexity index is 189. The molecule has 2 N–H and O–H groups in total. The number of carbonyl (C=O) groups excluding carboxylic acids is 2. The van der Waals surface area contributed by atoms with Crippen molar-refractivity contribution in [3.8, 4) is 0 Å². The summed E-state index contributed by atoms with van der Waals surface area (Å²) in [6.07, 6.45) is -0.678. The minimum Gasteiger partial charge on any atom is -0.450 e. The summed E-state index contributed by atoms with van der Waals surface area (Å²) < 4.78 is 4.54. The van der Waals surface area contributed by atoms with Gasteiger partial charge < -0.3 is 10.1 Å². The van der Waals surface area contributed by atoms with Crippen LogP contribution in [0.1, 0.15) is 20.8 Å². The highest BCUT2D eigenvalue weighted by Gasteiger charge is 2.27. The van der Waals surface area contributed by atoms with Crippen LogP contribution in [-0.2, 0) is 9.53 Å². The molecule has 0 aromatic rings. The Morgan fingerprint density at radius 3 is 2.33 bits per heavy atom. The second kappa shape index (κ2) is 3.94. The van der Waals surface area contributed by atoms with Gasteiger partial charge in [0.1, 0.15) is 5.54 Å². The Labute approximate surface area is 71.3 Å². The van der Waals surface area contributed by atoms with Crippen molar-refractivity contribution in [1.29, 1.82) is 0 Å². The normalized spacial score (nSPS) is 10.6. The van der Waals surface area contributed by atoms with E-state index in [4.69, 9.17) is 5.73 Å². The van der Waals surface area contributed by atoms with Crippen molar-refractivity contribution in [3.05, 3.63) is 0 Å². The molecule has 5 nitrogen and oxygen atoms in total. The highest BCUT2D eigenvalue weighted by atomic mass is 16.5. The molecule has 5 heteroatoms. The van der Waals surface area contributed by atoms with E-state index in [1.54, 1.807) is 6.92 Å². The van der Waals surface area contributed by atoms with Gasteiger partial charge in [0.15, 0.2) is 0 Å². The molecule has 0 fully saturated rings. The van der Waals surface area contributed by atoms with E-state index in [2.05, 4.69) is 10.1 Å². The molecule has 0 aliphatic carbocycles. The minimum atomic E-state index is -1.17. The maximum absolute atomic E-state index is 10.8. The smallest absolute Gasteiger partial charge is 0.407 e. The molecule has 0 saturated carbocycles. The molecule has 0 saturated heterocycles. The van der Waals surface area contributed by atoms with Gasteiger partial charge in [0.2, 0.25) is 0 Å². The van der Waals surface area contributed by atoms with Crippen LogP contribution in [0.3, 0.4) is 0 Å². The summed E-state index contributed by atoms with van der Waals surface area (Å²) in [4.78, 5) is 21.4. The van der Waals surface area contributed by atoms with Gasteiger partial charge in [-0.15, -0.1) is 0 Å². The Morgan fingerprint density at radius 1 is 1.50 bits per heavy atom. The van der Waals surface area contributed by atoms with Crippen LogP contribution >= 0.6 is 0 Å². The fourth-order valence-corrected chi connectivity index (χ4v) is 0.479. The van der Waals surface area contributed by atoms with E-state index in [0.717, 1.165) is 0 Å². The molecule has 69 valence electrons. The van der Waals surface area contributed by atoms with E-state index < -0.39 is 17.5 Å². The van der Waals surface area contributed by atoms with Crippen molar-refractivity contribution in [1.82, 2.24) is 11.1 Å². The number of carbonyl (C=O) groups is 2. The number of rotatable bonds is 3. The number of nitrogens with one attached hydrogen (secondary N) is 2. The second-order valence-corrected chi connectivity index (χ2v) is 2.80. The van der Waals surface area contributed by atoms with Crippen LogP contribution < -0.4 is 11.1 Å². The van der Waals surface area contributed by atoms with E-state index in [1.807, 2.05) is 0 Å². The van der Waals surface area contributed by atoms with Crippen molar-refractivity contribution in [2.45, 2.75) is 26.3 Å². The van der Waals surface area contributed by atoms with Crippen LogP contribution in [0.15, 0.2) is 0 Å². The number of hydrogen-bond acceptors (Lipinski definition) is 3. The third kappa shape index (κ3) is 3.23. The molecule has 0 atom stereocenters. The highest BCUT2D eigenvalue weighted by Crippen LogP contribution is 2.01. The monoisotopic (exact) mass is 173 g/mol. The number of alkyl carbamates (subject to hydrolysis) is 1. The van der Waals surface area contributed by atoms with Crippen molar-refractivity contribution >= 4 is 12.0 Å². The zero-order valence-electron chi connectivity index (χ0n) is 7.43. The van der Waals surface area contributed by atoms with Crippen molar-refractivity contribution in [2.24, 2.45) is 0 Å². The summed E-state index contributed by atoms with van der Waals surface area (Å²) in [5.74, 6) is -0.851. The van der Waals surface area contributed by atoms with Gasteiger partial charge in [0, 0.05) is 0 Å². The van der Waals surface area contributed by atoms with Gasteiger partial charge in [-0.3, -0.25) is 10.5 Å². The lowest BCUT2D eigenvalue weighted by atomic mass is 10.1. The zero-order chi connectivity index (χ0) is 9.78. The molecule has 0 aliphatic heterocycles. The van der Waals surface area contributed by atoms with Crippen LogP contribution in [0.5, 0.6) is 0 Å². The Balaban J connectivity index is 4.06. The molecular formula is C7H13N2O3. The van der Waals surface area contributed by atoms with Crippen LogP contribution in [-0.4, -0.2) is 24.1 Å². The third-order valence-corrected chi connectivity index (χ3v) is 1.26. The van der Waals surface area contributed by atoms with Gasteiger partial charge in [-0.1, -0.05) is 0 Å². The molecule has 0 aromatic heterocycles. The van der Waals surface area contributed by atoms with Crippen LogP contribution in [0.4, 0.5) is 4.79 Å². The standard InChI is InChI=1S/C7H13N2O3/c1-4-12-6(11)9-7(2,3)5(8)10/h8H,4H2,1-3H3,(H,9,11). The SMILES string of the molecule is CCOC(=O)NC(C)(C)C([NH])=O. The summed E-state index contributed by atoms with van der Waals surface area (Å²) in [7, 11) is 0. The zero-order valence-corrected chi connectivity index (χ0v) is 7.43. The van der Waals surface area contributed by atoms with Gasteiger partial charge in [0.05, 0.1) is 6.61 Å². The minimum absolute atomic E-state index is 0.244. The topological polar surface area (TPSA) is 79.2 Å². The fraction of sp³-hybridized carbons (Fsp3) is 0.714. The van der Waals surface area contributed by atoms with Gasteiger partial charge in [-0.25, -0.2) is 4.79 Å². The fourth-order valence-electron chi connectivity index (χ4n) is 0.479. The molecule has 0 spiro atoms. The molecule has 0 heterocycles. The summed E-state index contributed by atoms with van der Waals surface area (Å²) in [5, 5.41) is 2.26. The van der Waals surface area contributed by atoms with Gasteiger partial charge in [-0.2, -0.15) is 0 Å². The first-order valence-electron chi connectivity index (χ1n) is 3.61. The maximum Gasteiger partial charge on any atom is 0.407 e. The van der Waals surface area contributed by atoms with Gasteiger partial charge in [-0.05, 0) is 20.8 Å². The van der Waals surface area contributed by atoms with E-state index in [9.17, 15) is 9.59 Å². The van der Waals surface area contributed by atoms with Crippen LogP contribution in [0.2, 0.25) is 0 Å². The first-order valence-corrected chi connectivity index (χ1v) is 3.61. The summed E-state index contributed by atoms with van der Waals surface area (Å²) >= 11 is 0. The quantitative estimate of drug-likeness (QED) is 0.667. The predicted octanol–water partition coefficient (Wildman–Crippen LogP) is 0.321. The largest absolute Gasteiger partial charge is 0.450 e. The molecule has 0 rings (SSSR count). The van der Waals surface area contributed by atoms with E-state index in [1.165, 1.54) is 13.8 Å². The highest BCUT2D eigenvalue weighted by molar-refractivity contribution is 5.87. The van der Waals surface area contributed by atoms with Crippen LogP contribution in [0, 0.1) is 0 Å². The molecule has 0 bridgehead atoms. The Kier molecular flexibility index (Phi) is 3.53. The Hall–Kier alpha value is -1.26. The molecule has 1 radical (unpaired) electrons. The van der Waals surface area contributed by atoms with Crippen LogP contribution in [0.25, 0.3) is 0 Å². The number of ether oxygens (including phenoxy) is 1. The summed E-state index contributed by atoms with van der Waals surface area (Å²) in [6, 6.07) is 0.